The van der Waals surface area contributed by atoms with Gasteiger partial charge in [0.1, 0.15) is 0 Å². The molecule has 0 aliphatic rings. The van der Waals surface area contributed by atoms with Gasteiger partial charge in [0, 0.05) is 12.1 Å². The zero-order valence-electron chi connectivity index (χ0n) is 9.46. The normalized spacial score (nSPS) is 11.5. The Morgan fingerprint density at radius 1 is 1.60 bits per heavy atom. The van der Waals surface area contributed by atoms with Crippen molar-refractivity contribution in [2.45, 2.75) is 20.8 Å². The maximum Gasteiger partial charge on any atom is 0.287 e. The van der Waals surface area contributed by atoms with Gasteiger partial charge < -0.3 is 15.5 Å². The van der Waals surface area contributed by atoms with Crippen molar-refractivity contribution >= 4 is 5.91 Å². The lowest BCUT2D eigenvalue weighted by atomic mass is 9.94. The Bertz CT molecular complexity index is 342. The van der Waals surface area contributed by atoms with Crippen LogP contribution in [0.4, 0.5) is 0 Å². The van der Waals surface area contributed by atoms with Gasteiger partial charge >= 0.3 is 0 Å². The van der Waals surface area contributed by atoms with Crippen LogP contribution in [-0.2, 0) is 0 Å². The van der Waals surface area contributed by atoms with Crippen molar-refractivity contribution in [3.63, 3.8) is 0 Å². The molecule has 0 aliphatic heterocycles. The summed E-state index contributed by atoms with van der Waals surface area (Å²) in [5.41, 5.74) is 6.32. The number of hydrogen-bond donors (Lipinski definition) is 2. The molecular weight excluding hydrogens is 192 g/mol. The molecule has 0 radical (unpaired) electrons. The quantitative estimate of drug-likeness (QED) is 0.787. The number of carbonyl (C=O) groups excluding carboxylic acids is 1. The third kappa shape index (κ3) is 3.09. The Kier molecular flexibility index (Phi) is 3.52. The summed E-state index contributed by atoms with van der Waals surface area (Å²) in [4.78, 5) is 11.6. The van der Waals surface area contributed by atoms with Crippen LogP contribution in [0.3, 0.4) is 0 Å². The minimum Gasteiger partial charge on any atom is -0.459 e. The van der Waals surface area contributed by atoms with E-state index < -0.39 is 0 Å². The van der Waals surface area contributed by atoms with Crippen molar-refractivity contribution in [3.8, 4) is 0 Å². The standard InChI is InChI=1S/C11H18N2O2/c1-8-4-5-15-9(8)10(14)13-7-11(2,3)6-12/h4-5H,6-7,12H2,1-3H3,(H,13,14). The fourth-order valence-corrected chi connectivity index (χ4v) is 1.08. The molecule has 0 aromatic carbocycles. The van der Waals surface area contributed by atoms with Crippen molar-refractivity contribution in [1.29, 1.82) is 0 Å². The molecule has 84 valence electrons. The van der Waals surface area contributed by atoms with E-state index in [1.54, 1.807) is 6.07 Å². The molecule has 0 saturated carbocycles. The SMILES string of the molecule is Cc1ccoc1C(=O)NCC(C)(C)CN. The fraction of sp³-hybridized carbons (Fsp3) is 0.545. The molecule has 0 fully saturated rings. The fourth-order valence-electron chi connectivity index (χ4n) is 1.08. The Balaban J connectivity index is 2.55. The second kappa shape index (κ2) is 4.49. The maximum absolute atomic E-state index is 11.6. The number of nitrogens with one attached hydrogen (secondary N) is 1. The van der Waals surface area contributed by atoms with Crippen LogP contribution in [0.25, 0.3) is 0 Å². The number of hydrogen-bond acceptors (Lipinski definition) is 3. The highest BCUT2D eigenvalue weighted by Crippen LogP contribution is 2.12. The van der Waals surface area contributed by atoms with Gasteiger partial charge in [-0.2, -0.15) is 0 Å². The summed E-state index contributed by atoms with van der Waals surface area (Å²) >= 11 is 0. The number of nitrogens with two attached hydrogens (primary N) is 1. The predicted molar refractivity (Wildman–Crippen MR) is 58.6 cm³/mol. The summed E-state index contributed by atoms with van der Waals surface area (Å²) in [6.07, 6.45) is 1.51. The highest BCUT2D eigenvalue weighted by molar-refractivity contribution is 5.92. The van der Waals surface area contributed by atoms with Gasteiger partial charge in [-0.15, -0.1) is 0 Å². The minimum absolute atomic E-state index is 0.0871. The Morgan fingerprint density at radius 3 is 2.73 bits per heavy atom. The van der Waals surface area contributed by atoms with E-state index in [-0.39, 0.29) is 11.3 Å². The molecule has 1 aromatic rings. The van der Waals surface area contributed by atoms with Crippen LogP contribution in [0.5, 0.6) is 0 Å². The molecular formula is C11H18N2O2. The average Bonchev–Trinajstić information content (AvgIpc) is 2.61. The van der Waals surface area contributed by atoms with Gasteiger partial charge in [-0.05, 0) is 24.9 Å². The maximum atomic E-state index is 11.6. The van der Waals surface area contributed by atoms with Gasteiger partial charge in [-0.3, -0.25) is 4.79 Å². The Morgan fingerprint density at radius 2 is 2.27 bits per heavy atom. The second-order valence-corrected chi connectivity index (χ2v) is 4.48. The molecule has 4 nitrogen and oxygen atoms in total. The van der Waals surface area contributed by atoms with E-state index in [9.17, 15) is 4.79 Å². The summed E-state index contributed by atoms with van der Waals surface area (Å²) < 4.78 is 5.08. The molecule has 0 bridgehead atoms. The molecule has 15 heavy (non-hydrogen) atoms. The van der Waals surface area contributed by atoms with E-state index in [4.69, 9.17) is 10.2 Å². The molecule has 4 heteroatoms. The van der Waals surface area contributed by atoms with Crippen LogP contribution in [0, 0.1) is 12.3 Å². The lowest BCUT2D eigenvalue weighted by molar-refractivity contribution is 0.0909. The molecule has 3 N–H and O–H groups in total. The Labute approximate surface area is 89.8 Å². The summed E-state index contributed by atoms with van der Waals surface area (Å²) in [6, 6.07) is 1.77. The molecule has 0 saturated heterocycles. The van der Waals surface area contributed by atoms with E-state index >= 15 is 0 Å². The van der Waals surface area contributed by atoms with Gasteiger partial charge in [0.2, 0.25) is 0 Å². The van der Waals surface area contributed by atoms with E-state index in [0.717, 1.165) is 5.56 Å². The van der Waals surface area contributed by atoms with Crippen molar-refractivity contribution in [2.75, 3.05) is 13.1 Å². The molecule has 0 aliphatic carbocycles. The van der Waals surface area contributed by atoms with E-state index in [0.29, 0.717) is 18.8 Å². The van der Waals surface area contributed by atoms with Crippen molar-refractivity contribution in [1.82, 2.24) is 5.32 Å². The molecule has 1 rings (SSSR count). The molecule has 1 aromatic heterocycles. The van der Waals surface area contributed by atoms with Gasteiger partial charge in [0.15, 0.2) is 5.76 Å². The molecule has 0 spiro atoms. The minimum atomic E-state index is -0.181. The third-order valence-corrected chi connectivity index (χ3v) is 2.35. The van der Waals surface area contributed by atoms with Gasteiger partial charge in [-0.1, -0.05) is 13.8 Å². The van der Waals surface area contributed by atoms with Crippen molar-refractivity contribution in [3.05, 3.63) is 23.7 Å². The third-order valence-electron chi connectivity index (χ3n) is 2.35. The average molecular weight is 210 g/mol. The topological polar surface area (TPSA) is 68.3 Å². The highest BCUT2D eigenvalue weighted by Gasteiger charge is 2.19. The van der Waals surface area contributed by atoms with E-state index in [1.807, 2.05) is 20.8 Å². The Hall–Kier alpha value is -1.29. The molecule has 1 amide bonds. The lowest BCUT2D eigenvalue weighted by Gasteiger charge is -2.22. The zero-order valence-corrected chi connectivity index (χ0v) is 9.46. The zero-order chi connectivity index (χ0) is 11.5. The number of furan rings is 1. The smallest absolute Gasteiger partial charge is 0.287 e. The van der Waals surface area contributed by atoms with Crippen molar-refractivity contribution < 1.29 is 9.21 Å². The monoisotopic (exact) mass is 210 g/mol. The van der Waals surface area contributed by atoms with Crippen LogP contribution < -0.4 is 11.1 Å². The highest BCUT2D eigenvalue weighted by atomic mass is 16.3. The summed E-state index contributed by atoms with van der Waals surface area (Å²) in [5.74, 6) is 0.196. The van der Waals surface area contributed by atoms with Crippen LogP contribution in [0.1, 0.15) is 30.0 Å². The number of carbonyl (C=O) groups is 1. The number of aryl methyl sites for hydroxylation is 1. The first-order valence-corrected chi connectivity index (χ1v) is 4.98. The summed E-state index contributed by atoms with van der Waals surface area (Å²) in [5, 5.41) is 2.80. The first-order chi connectivity index (χ1) is 6.96. The summed E-state index contributed by atoms with van der Waals surface area (Å²) in [6.45, 7) is 6.92. The first-order valence-electron chi connectivity index (χ1n) is 4.98. The molecule has 0 unspecified atom stereocenters. The van der Waals surface area contributed by atoms with Crippen LogP contribution in [0.15, 0.2) is 16.7 Å². The molecule has 1 heterocycles. The molecule has 0 atom stereocenters. The lowest BCUT2D eigenvalue weighted by Crippen LogP contribution is -2.38. The van der Waals surface area contributed by atoms with Gasteiger partial charge in [-0.25, -0.2) is 0 Å². The second-order valence-electron chi connectivity index (χ2n) is 4.48. The summed E-state index contributed by atoms with van der Waals surface area (Å²) in [7, 11) is 0. The largest absolute Gasteiger partial charge is 0.459 e. The van der Waals surface area contributed by atoms with Crippen molar-refractivity contribution in [2.24, 2.45) is 11.1 Å². The van der Waals surface area contributed by atoms with Crippen LogP contribution in [0.2, 0.25) is 0 Å². The van der Waals surface area contributed by atoms with E-state index in [2.05, 4.69) is 5.32 Å². The number of rotatable bonds is 4. The van der Waals surface area contributed by atoms with Crippen LogP contribution >= 0.6 is 0 Å². The van der Waals surface area contributed by atoms with Gasteiger partial charge in [0.05, 0.1) is 6.26 Å². The number of amides is 1. The van der Waals surface area contributed by atoms with E-state index in [1.165, 1.54) is 6.26 Å². The predicted octanol–water partition coefficient (Wildman–Crippen LogP) is 1.30. The van der Waals surface area contributed by atoms with Crippen LogP contribution in [-0.4, -0.2) is 19.0 Å². The first kappa shape index (κ1) is 11.8. The van der Waals surface area contributed by atoms with Gasteiger partial charge in [0.25, 0.3) is 5.91 Å².